The Morgan fingerprint density at radius 1 is 1.43 bits per heavy atom. The Morgan fingerprint density at radius 3 is 2.76 bits per heavy atom. The van der Waals surface area contributed by atoms with E-state index >= 15 is 0 Å². The van der Waals surface area contributed by atoms with Gasteiger partial charge in [0.15, 0.2) is 0 Å². The number of hydrogen-bond acceptors (Lipinski definition) is 3. The third-order valence-corrected chi connectivity index (χ3v) is 4.18. The third-order valence-electron chi connectivity index (χ3n) is 4.18. The maximum Gasteiger partial charge on any atom is 0.313 e. The average Bonchev–Trinajstić information content (AvgIpc) is 2.41. The van der Waals surface area contributed by atoms with Crippen LogP contribution in [0.4, 0.5) is 5.69 Å². The third kappa shape index (κ3) is 3.10. The summed E-state index contributed by atoms with van der Waals surface area (Å²) in [7, 11) is 0. The Labute approximate surface area is 124 Å². The summed E-state index contributed by atoms with van der Waals surface area (Å²) in [6.07, 6.45) is 5.73. The van der Waals surface area contributed by atoms with Gasteiger partial charge in [0.25, 0.3) is 0 Å². The quantitative estimate of drug-likeness (QED) is 0.743. The molecule has 1 aliphatic rings. The van der Waals surface area contributed by atoms with E-state index in [9.17, 15) is 15.0 Å². The number of phenolic OH excluding ortho intramolecular Hbond substituents is 1. The summed E-state index contributed by atoms with van der Waals surface area (Å²) in [6, 6.07) is 5.14. The Bertz CT molecular complexity index is 618. The maximum atomic E-state index is 11.5. The van der Waals surface area contributed by atoms with Gasteiger partial charge in [-0.1, -0.05) is 25.2 Å². The first-order chi connectivity index (χ1) is 9.83. The molecule has 1 aromatic carbocycles. The van der Waals surface area contributed by atoms with E-state index < -0.39 is 11.4 Å². The molecule has 3 N–H and O–H groups in total. The number of carbonyl (C=O) groups is 1. The van der Waals surface area contributed by atoms with E-state index in [0.717, 1.165) is 16.8 Å². The molecule has 0 amide bonds. The van der Waals surface area contributed by atoms with Crippen LogP contribution in [0.3, 0.4) is 0 Å². The molecule has 0 aromatic heterocycles. The highest BCUT2D eigenvalue weighted by molar-refractivity contribution is 5.78. The lowest BCUT2D eigenvalue weighted by Crippen LogP contribution is -2.34. The second-order valence-corrected chi connectivity index (χ2v) is 5.81. The Balaban J connectivity index is 2.13. The van der Waals surface area contributed by atoms with Crippen molar-refractivity contribution in [1.82, 2.24) is 0 Å². The first-order valence-electron chi connectivity index (χ1n) is 7.00. The van der Waals surface area contributed by atoms with Crippen LogP contribution in [0.2, 0.25) is 0 Å². The molecule has 4 nitrogen and oxygen atoms in total. The van der Waals surface area contributed by atoms with Crippen molar-refractivity contribution in [3.8, 4) is 5.75 Å². The molecule has 1 aliphatic carbocycles. The molecule has 112 valence electrons. The zero-order valence-corrected chi connectivity index (χ0v) is 12.6. The second kappa shape index (κ2) is 5.64. The fraction of sp³-hybridized carbons (Fsp3) is 0.353. The van der Waals surface area contributed by atoms with E-state index in [1.807, 2.05) is 38.1 Å². The van der Waals surface area contributed by atoms with Gasteiger partial charge in [-0.05, 0) is 49.1 Å². The van der Waals surface area contributed by atoms with Crippen LogP contribution in [0, 0.1) is 18.3 Å². The predicted molar refractivity (Wildman–Crippen MR) is 83.5 cm³/mol. The normalized spacial score (nSPS) is 24.5. The lowest BCUT2D eigenvalue weighted by molar-refractivity contribution is -0.146. The van der Waals surface area contributed by atoms with E-state index in [4.69, 9.17) is 0 Å². The lowest BCUT2D eigenvalue weighted by atomic mass is 9.74. The molecule has 0 saturated heterocycles. The van der Waals surface area contributed by atoms with Gasteiger partial charge in [0, 0.05) is 12.2 Å². The molecule has 0 saturated carbocycles. The van der Waals surface area contributed by atoms with Gasteiger partial charge >= 0.3 is 5.97 Å². The Hall–Kier alpha value is -2.23. The van der Waals surface area contributed by atoms with Crippen LogP contribution in [0.1, 0.15) is 19.4 Å². The monoisotopic (exact) mass is 287 g/mol. The first-order valence-corrected chi connectivity index (χ1v) is 7.00. The van der Waals surface area contributed by atoms with Crippen LogP contribution in [0.15, 0.2) is 42.0 Å². The number of aliphatic carboxylic acids is 1. The number of anilines is 1. The first kappa shape index (κ1) is 15.2. The molecule has 2 atom stereocenters. The number of aryl methyl sites for hydroxylation is 1. The highest BCUT2D eigenvalue weighted by Gasteiger charge is 2.37. The predicted octanol–water partition coefficient (Wildman–Crippen LogP) is 3.34. The van der Waals surface area contributed by atoms with Gasteiger partial charge in [-0.3, -0.25) is 4.79 Å². The van der Waals surface area contributed by atoms with Crippen molar-refractivity contribution in [3.63, 3.8) is 0 Å². The number of nitrogens with one attached hydrogen (secondary N) is 1. The molecule has 21 heavy (non-hydrogen) atoms. The van der Waals surface area contributed by atoms with Crippen LogP contribution in [0.25, 0.3) is 0 Å². The summed E-state index contributed by atoms with van der Waals surface area (Å²) in [5.41, 5.74) is 1.96. The van der Waals surface area contributed by atoms with Crippen molar-refractivity contribution >= 4 is 11.7 Å². The standard InChI is InChI=1S/C17H21NO3/c1-11-8-14(19)6-7-15(11)18-10-13-5-4-12(2)17(3,9-13)16(20)21/h4-9,12,18-19H,10H2,1-3H3,(H,20,21). The summed E-state index contributed by atoms with van der Waals surface area (Å²) in [4.78, 5) is 11.5. The Morgan fingerprint density at radius 2 is 2.14 bits per heavy atom. The van der Waals surface area contributed by atoms with Crippen molar-refractivity contribution in [2.45, 2.75) is 20.8 Å². The largest absolute Gasteiger partial charge is 0.508 e. The molecule has 1 aromatic rings. The summed E-state index contributed by atoms with van der Waals surface area (Å²) < 4.78 is 0. The molecule has 2 rings (SSSR count). The van der Waals surface area contributed by atoms with E-state index in [-0.39, 0.29) is 11.7 Å². The maximum absolute atomic E-state index is 11.5. The zero-order chi connectivity index (χ0) is 15.6. The molecular weight excluding hydrogens is 266 g/mol. The van der Waals surface area contributed by atoms with Gasteiger partial charge in [-0.2, -0.15) is 0 Å². The highest BCUT2D eigenvalue weighted by atomic mass is 16.4. The molecule has 0 radical (unpaired) electrons. The van der Waals surface area contributed by atoms with Crippen LogP contribution in [0.5, 0.6) is 5.75 Å². The number of aromatic hydroxyl groups is 1. The molecule has 0 heterocycles. The van der Waals surface area contributed by atoms with Gasteiger partial charge in [-0.25, -0.2) is 0 Å². The van der Waals surface area contributed by atoms with Gasteiger partial charge < -0.3 is 15.5 Å². The molecular formula is C17H21NO3. The number of carboxylic acid groups (broad SMARTS) is 1. The zero-order valence-electron chi connectivity index (χ0n) is 12.6. The minimum atomic E-state index is -0.865. The smallest absolute Gasteiger partial charge is 0.313 e. The molecule has 0 bridgehead atoms. The lowest BCUT2D eigenvalue weighted by Gasteiger charge is -2.30. The Kier molecular flexibility index (Phi) is 4.07. The van der Waals surface area contributed by atoms with Crippen molar-refractivity contribution < 1.29 is 15.0 Å². The van der Waals surface area contributed by atoms with Crippen LogP contribution < -0.4 is 5.32 Å². The van der Waals surface area contributed by atoms with Gasteiger partial charge in [0.2, 0.25) is 0 Å². The van der Waals surface area contributed by atoms with Crippen molar-refractivity contribution in [2.24, 2.45) is 11.3 Å². The van der Waals surface area contributed by atoms with Crippen molar-refractivity contribution in [3.05, 3.63) is 47.6 Å². The van der Waals surface area contributed by atoms with Crippen LogP contribution in [-0.4, -0.2) is 22.7 Å². The summed E-state index contributed by atoms with van der Waals surface area (Å²) in [5, 5.41) is 22.1. The van der Waals surface area contributed by atoms with E-state index in [1.54, 1.807) is 19.1 Å². The number of hydrogen-bond donors (Lipinski definition) is 3. The molecule has 0 aliphatic heterocycles. The summed E-state index contributed by atoms with van der Waals surface area (Å²) >= 11 is 0. The van der Waals surface area contributed by atoms with E-state index in [1.165, 1.54) is 0 Å². The molecule has 4 heteroatoms. The van der Waals surface area contributed by atoms with Crippen LogP contribution >= 0.6 is 0 Å². The fourth-order valence-corrected chi connectivity index (χ4v) is 2.44. The molecule has 0 spiro atoms. The highest BCUT2D eigenvalue weighted by Crippen LogP contribution is 2.35. The van der Waals surface area contributed by atoms with E-state index in [2.05, 4.69) is 5.32 Å². The minimum Gasteiger partial charge on any atom is -0.508 e. The van der Waals surface area contributed by atoms with Gasteiger partial charge in [-0.15, -0.1) is 0 Å². The molecule has 2 unspecified atom stereocenters. The summed E-state index contributed by atoms with van der Waals surface area (Å²) in [6.45, 7) is 6.12. The number of benzene rings is 1. The van der Waals surface area contributed by atoms with Crippen molar-refractivity contribution in [1.29, 1.82) is 0 Å². The topological polar surface area (TPSA) is 69.6 Å². The minimum absolute atomic E-state index is 0.0332. The van der Waals surface area contributed by atoms with Gasteiger partial charge in [0.05, 0.1) is 5.41 Å². The van der Waals surface area contributed by atoms with E-state index in [0.29, 0.717) is 6.54 Å². The van der Waals surface area contributed by atoms with Crippen molar-refractivity contribution in [2.75, 3.05) is 11.9 Å². The molecule has 0 fully saturated rings. The average molecular weight is 287 g/mol. The number of rotatable bonds is 4. The van der Waals surface area contributed by atoms with Crippen LogP contribution in [-0.2, 0) is 4.79 Å². The van der Waals surface area contributed by atoms with Gasteiger partial charge in [0.1, 0.15) is 5.75 Å². The summed E-state index contributed by atoms with van der Waals surface area (Å²) in [5.74, 6) is -0.603. The number of allylic oxidation sites excluding steroid dienone is 1. The number of carboxylic acids is 1. The fourth-order valence-electron chi connectivity index (χ4n) is 2.44. The second-order valence-electron chi connectivity index (χ2n) is 5.81. The number of phenols is 1. The SMILES string of the molecule is Cc1cc(O)ccc1NCC1=CC(C)(C(=O)O)C(C)C=C1.